The second-order valence-electron chi connectivity index (χ2n) is 7.11. The van der Waals surface area contributed by atoms with E-state index in [-0.39, 0.29) is 29.8 Å². The molecule has 1 heterocycles. The zero-order valence-corrected chi connectivity index (χ0v) is 16.8. The highest BCUT2D eigenvalue weighted by molar-refractivity contribution is 6.54. The SMILES string of the molecule is Cc1ccc(NC(=O)CN2C(=O)C(=N/N=C/c3ccc(O)cc3)c3ccccc32)cc1. The summed E-state index contributed by atoms with van der Waals surface area (Å²) < 4.78 is 0. The van der Waals surface area contributed by atoms with Crippen LogP contribution in [0.4, 0.5) is 11.4 Å². The predicted octanol–water partition coefficient (Wildman–Crippen LogP) is 3.51. The number of rotatable bonds is 5. The minimum Gasteiger partial charge on any atom is -0.508 e. The molecule has 31 heavy (non-hydrogen) atoms. The third kappa shape index (κ3) is 4.51. The van der Waals surface area contributed by atoms with Crippen LogP contribution in [0.2, 0.25) is 0 Å². The normalized spacial score (nSPS) is 14.3. The van der Waals surface area contributed by atoms with Crippen molar-refractivity contribution in [2.24, 2.45) is 10.2 Å². The Morgan fingerprint density at radius 1 is 1.03 bits per heavy atom. The number of nitrogens with one attached hydrogen (secondary N) is 1. The van der Waals surface area contributed by atoms with Gasteiger partial charge in [0.2, 0.25) is 5.91 Å². The maximum Gasteiger partial charge on any atom is 0.279 e. The van der Waals surface area contributed by atoms with Crippen molar-refractivity contribution in [3.05, 3.63) is 89.5 Å². The van der Waals surface area contributed by atoms with Gasteiger partial charge in [0.15, 0.2) is 5.71 Å². The first-order valence-corrected chi connectivity index (χ1v) is 9.69. The van der Waals surface area contributed by atoms with Crippen LogP contribution in [0, 0.1) is 6.92 Å². The standard InChI is InChI=1S/C24H20N4O3/c1-16-6-10-18(11-7-16)26-22(30)15-28-21-5-3-2-4-20(21)23(24(28)31)27-25-14-17-8-12-19(29)13-9-17/h2-14,29H,15H2,1H3,(H,26,30)/b25-14+,27-23?. The molecule has 0 saturated carbocycles. The molecular weight excluding hydrogens is 392 g/mol. The Kier molecular flexibility index (Phi) is 5.57. The van der Waals surface area contributed by atoms with Crippen LogP contribution < -0.4 is 10.2 Å². The van der Waals surface area contributed by atoms with E-state index in [1.807, 2.05) is 31.2 Å². The molecule has 1 aliphatic rings. The molecule has 0 radical (unpaired) electrons. The smallest absolute Gasteiger partial charge is 0.279 e. The topological polar surface area (TPSA) is 94.4 Å². The molecular formula is C24H20N4O3. The Morgan fingerprint density at radius 3 is 2.48 bits per heavy atom. The molecule has 0 fully saturated rings. The summed E-state index contributed by atoms with van der Waals surface area (Å²) in [5.74, 6) is -0.535. The summed E-state index contributed by atoms with van der Waals surface area (Å²) in [6, 6.07) is 21.1. The molecule has 0 unspecified atom stereocenters. The van der Waals surface area contributed by atoms with E-state index < -0.39 is 0 Å². The first-order chi connectivity index (χ1) is 15.0. The van der Waals surface area contributed by atoms with Gasteiger partial charge in [0.1, 0.15) is 12.3 Å². The van der Waals surface area contributed by atoms with Gasteiger partial charge in [0.05, 0.1) is 11.9 Å². The van der Waals surface area contributed by atoms with Gasteiger partial charge < -0.3 is 10.4 Å². The molecule has 2 N–H and O–H groups in total. The van der Waals surface area contributed by atoms with E-state index in [0.29, 0.717) is 16.9 Å². The van der Waals surface area contributed by atoms with Crippen molar-refractivity contribution in [3.8, 4) is 5.75 Å². The first-order valence-electron chi connectivity index (χ1n) is 9.69. The van der Waals surface area contributed by atoms with Gasteiger partial charge in [-0.1, -0.05) is 35.9 Å². The number of phenolic OH excluding ortho intramolecular Hbond substituents is 1. The average Bonchev–Trinajstić information content (AvgIpc) is 3.03. The lowest BCUT2D eigenvalue weighted by molar-refractivity contribution is -0.118. The summed E-state index contributed by atoms with van der Waals surface area (Å²) in [7, 11) is 0. The highest BCUT2D eigenvalue weighted by Gasteiger charge is 2.35. The lowest BCUT2D eigenvalue weighted by Crippen LogP contribution is -2.37. The van der Waals surface area contributed by atoms with Gasteiger partial charge in [-0.15, -0.1) is 5.10 Å². The number of fused-ring (bicyclic) bond motifs is 1. The lowest BCUT2D eigenvalue weighted by atomic mass is 10.1. The quantitative estimate of drug-likeness (QED) is 0.496. The second kappa shape index (κ2) is 8.62. The van der Waals surface area contributed by atoms with Gasteiger partial charge >= 0.3 is 0 Å². The van der Waals surface area contributed by atoms with Crippen molar-refractivity contribution in [3.63, 3.8) is 0 Å². The van der Waals surface area contributed by atoms with Crippen LogP contribution in [0.5, 0.6) is 5.75 Å². The van der Waals surface area contributed by atoms with Crippen molar-refractivity contribution in [2.75, 3.05) is 16.8 Å². The first kappa shape index (κ1) is 20.0. The molecule has 0 bridgehead atoms. The maximum absolute atomic E-state index is 13.0. The monoisotopic (exact) mass is 412 g/mol. The molecule has 7 nitrogen and oxygen atoms in total. The fourth-order valence-electron chi connectivity index (χ4n) is 3.21. The Bertz CT molecular complexity index is 1180. The molecule has 0 atom stereocenters. The summed E-state index contributed by atoms with van der Waals surface area (Å²) in [6.45, 7) is 1.83. The van der Waals surface area contributed by atoms with E-state index in [1.165, 1.54) is 11.1 Å². The molecule has 0 aliphatic carbocycles. The molecule has 0 spiro atoms. The molecule has 1 aliphatic heterocycles. The Hall–Kier alpha value is -4.26. The predicted molar refractivity (Wildman–Crippen MR) is 121 cm³/mol. The Labute approximate surface area is 179 Å². The third-order valence-electron chi connectivity index (χ3n) is 4.79. The van der Waals surface area contributed by atoms with E-state index >= 15 is 0 Å². The van der Waals surface area contributed by atoms with Crippen molar-refractivity contribution >= 4 is 35.1 Å². The largest absolute Gasteiger partial charge is 0.508 e. The van der Waals surface area contributed by atoms with E-state index in [1.54, 1.807) is 48.5 Å². The fourth-order valence-corrected chi connectivity index (χ4v) is 3.21. The number of nitrogens with zero attached hydrogens (tertiary/aromatic N) is 3. The highest BCUT2D eigenvalue weighted by Crippen LogP contribution is 2.29. The number of hydrogen-bond acceptors (Lipinski definition) is 5. The summed E-state index contributed by atoms with van der Waals surface area (Å²) in [5, 5.41) is 20.3. The Morgan fingerprint density at radius 2 is 1.74 bits per heavy atom. The van der Waals surface area contributed by atoms with Gasteiger partial charge in [-0.05, 0) is 55.0 Å². The summed E-state index contributed by atoms with van der Waals surface area (Å²) in [6.07, 6.45) is 1.50. The Balaban J connectivity index is 1.53. The second-order valence-corrected chi connectivity index (χ2v) is 7.11. The zero-order chi connectivity index (χ0) is 21.8. The van der Waals surface area contributed by atoms with Crippen LogP contribution in [-0.4, -0.2) is 35.4 Å². The van der Waals surface area contributed by atoms with Crippen molar-refractivity contribution in [1.29, 1.82) is 0 Å². The average molecular weight is 412 g/mol. The van der Waals surface area contributed by atoms with Crippen molar-refractivity contribution in [2.45, 2.75) is 6.92 Å². The van der Waals surface area contributed by atoms with Gasteiger partial charge in [0, 0.05) is 11.3 Å². The van der Waals surface area contributed by atoms with E-state index in [9.17, 15) is 14.7 Å². The fraction of sp³-hybridized carbons (Fsp3) is 0.0833. The molecule has 3 aromatic rings. The number of carbonyl (C=O) groups is 2. The molecule has 0 aromatic heterocycles. The summed E-state index contributed by atoms with van der Waals surface area (Å²) in [5.41, 5.74) is 3.91. The van der Waals surface area contributed by atoms with Crippen molar-refractivity contribution in [1.82, 2.24) is 0 Å². The molecule has 7 heteroatoms. The van der Waals surface area contributed by atoms with Crippen LogP contribution in [-0.2, 0) is 9.59 Å². The lowest BCUT2D eigenvalue weighted by Gasteiger charge is -2.16. The van der Waals surface area contributed by atoms with E-state index in [2.05, 4.69) is 15.5 Å². The number of aryl methyl sites for hydroxylation is 1. The number of aromatic hydroxyl groups is 1. The summed E-state index contributed by atoms with van der Waals surface area (Å²) in [4.78, 5) is 26.9. The maximum atomic E-state index is 13.0. The number of benzene rings is 3. The zero-order valence-electron chi connectivity index (χ0n) is 16.8. The highest BCUT2D eigenvalue weighted by atomic mass is 16.3. The van der Waals surface area contributed by atoms with Gasteiger partial charge in [0.25, 0.3) is 5.91 Å². The number of amides is 2. The number of carbonyl (C=O) groups excluding carboxylic acids is 2. The minimum absolute atomic E-state index is 0.135. The van der Waals surface area contributed by atoms with Crippen LogP contribution in [0.1, 0.15) is 16.7 Å². The van der Waals surface area contributed by atoms with Crippen molar-refractivity contribution < 1.29 is 14.7 Å². The van der Waals surface area contributed by atoms with Gasteiger partial charge in [-0.2, -0.15) is 5.10 Å². The van der Waals surface area contributed by atoms with E-state index in [0.717, 1.165) is 11.1 Å². The molecule has 3 aromatic carbocycles. The third-order valence-corrected chi connectivity index (χ3v) is 4.79. The van der Waals surface area contributed by atoms with Crippen LogP contribution in [0.15, 0.2) is 83.0 Å². The van der Waals surface area contributed by atoms with Crippen LogP contribution in [0.25, 0.3) is 0 Å². The van der Waals surface area contributed by atoms with Crippen LogP contribution in [0.3, 0.4) is 0 Å². The van der Waals surface area contributed by atoms with Gasteiger partial charge in [-0.25, -0.2) is 0 Å². The van der Waals surface area contributed by atoms with E-state index in [4.69, 9.17) is 0 Å². The van der Waals surface area contributed by atoms with Crippen LogP contribution >= 0.6 is 0 Å². The van der Waals surface area contributed by atoms with Gasteiger partial charge in [-0.3, -0.25) is 14.5 Å². The molecule has 0 saturated heterocycles. The molecule has 4 rings (SSSR count). The summed E-state index contributed by atoms with van der Waals surface area (Å²) >= 11 is 0. The number of para-hydroxylation sites is 1. The minimum atomic E-state index is -0.386. The number of phenols is 1. The number of anilines is 2. The molecule has 154 valence electrons. The number of hydrogen-bond donors (Lipinski definition) is 2. The molecule has 2 amide bonds.